The highest BCUT2D eigenvalue weighted by Crippen LogP contribution is 2.00. The molecule has 1 aliphatic rings. The Hall–Kier alpha value is -0.650. The largest absolute Gasteiger partial charge is 0.395 e. The topological polar surface area (TPSA) is 70.6 Å². The summed E-state index contributed by atoms with van der Waals surface area (Å²) in [6.07, 6.45) is 0.347. The number of carbonyl (C=O) groups is 1. The van der Waals surface area contributed by atoms with Crippen molar-refractivity contribution in [2.24, 2.45) is 0 Å². The van der Waals surface area contributed by atoms with Crippen LogP contribution in [0.15, 0.2) is 0 Å². The predicted octanol–water partition coefficient (Wildman–Crippen LogP) is -1.53. The maximum absolute atomic E-state index is 11.1. The third-order valence-electron chi connectivity index (χ3n) is 1.85. The molecule has 0 aromatic heterocycles. The molecule has 0 radical (unpaired) electrons. The highest BCUT2D eigenvalue weighted by Gasteiger charge is 2.16. The second-order valence-electron chi connectivity index (χ2n) is 2.97. The first-order valence-corrected chi connectivity index (χ1v) is 4.53. The number of carbonyl (C=O) groups excluding carboxylic acids is 1. The zero-order chi connectivity index (χ0) is 9.52. The fourth-order valence-corrected chi connectivity index (χ4v) is 1.23. The first-order chi connectivity index (χ1) is 6.33. The van der Waals surface area contributed by atoms with E-state index in [0.717, 1.165) is 13.1 Å². The van der Waals surface area contributed by atoms with Crippen molar-refractivity contribution < 1.29 is 14.6 Å². The molecular formula is C8H16N2O3. The van der Waals surface area contributed by atoms with Crippen molar-refractivity contribution >= 4 is 5.91 Å². The third-order valence-corrected chi connectivity index (χ3v) is 1.85. The SMILES string of the molecule is O=C(CC1CNCCO1)NCCO. The maximum atomic E-state index is 11.1. The van der Waals surface area contributed by atoms with E-state index in [1.165, 1.54) is 0 Å². The molecule has 5 nitrogen and oxygen atoms in total. The van der Waals surface area contributed by atoms with Crippen LogP contribution in [0.1, 0.15) is 6.42 Å². The Bertz CT molecular complexity index is 157. The fourth-order valence-electron chi connectivity index (χ4n) is 1.23. The van der Waals surface area contributed by atoms with Crippen molar-refractivity contribution in [3.8, 4) is 0 Å². The van der Waals surface area contributed by atoms with Gasteiger partial charge in [0.05, 0.1) is 25.7 Å². The summed E-state index contributed by atoms with van der Waals surface area (Å²) in [7, 11) is 0. The third kappa shape index (κ3) is 4.21. The van der Waals surface area contributed by atoms with Crippen molar-refractivity contribution in [3.05, 3.63) is 0 Å². The second-order valence-corrected chi connectivity index (χ2v) is 2.97. The van der Waals surface area contributed by atoms with Crippen LogP contribution in [0.2, 0.25) is 0 Å². The van der Waals surface area contributed by atoms with E-state index in [2.05, 4.69) is 10.6 Å². The number of ether oxygens (including phenoxy) is 1. The van der Waals surface area contributed by atoms with Gasteiger partial charge in [0.1, 0.15) is 0 Å². The Balaban J connectivity index is 2.11. The molecule has 0 aromatic carbocycles. The number of amides is 1. The number of nitrogens with one attached hydrogen (secondary N) is 2. The molecule has 1 fully saturated rings. The quantitative estimate of drug-likeness (QED) is 0.501. The summed E-state index contributed by atoms with van der Waals surface area (Å²) < 4.78 is 5.34. The lowest BCUT2D eigenvalue weighted by Gasteiger charge is -2.22. The van der Waals surface area contributed by atoms with Crippen LogP contribution in [0.3, 0.4) is 0 Å². The number of rotatable bonds is 4. The van der Waals surface area contributed by atoms with Gasteiger partial charge >= 0.3 is 0 Å². The van der Waals surface area contributed by atoms with Crippen LogP contribution in [-0.2, 0) is 9.53 Å². The molecule has 3 N–H and O–H groups in total. The summed E-state index contributed by atoms with van der Waals surface area (Å²) in [5.41, 5.74) is 0. The van der Waals surface area contributed by atoms with Gasteiger partial charge in [0.15, 0.2) is 0 Å². The fraction of sp³-hybridized carbons (Fsp3) is 0.875. The van der Waals surface area contributed by atoms with Gasteiger partial charge in [0.2, 0.25) is 5.91 Å². The van der Waals surface area contributed by atoms with Gasteiger partial charge in [0.25, 0.3) is 0 Å². The molecule has 0 spiro atoms. The van der Waals surface area contributed by atoms with Crippen molar-refractivity contribution in [2.45, 2.75) is 12.5 Å². The molecule has 13 heavy (non-hydrogen) atoms. The number of aliphatic hydroxyl groups excluding tert-OH is 1. The van der Waals surface area contributed by atoms with E-state index >= 15 is 0 Å². The van der Waals surface area contributed by atoms with Crippen LogP contribution in [-0.4, -0.2) is 50.0 Å². The van der Waals surface area contributed by atoms with E-state index in [-0.39, 0.29) is 18.6 Å². The zero-order valence-electron chi connectivity index (χ0n) is 7.58. The first-order valence-electron chi connectivity index (χ1n) is 4.53. The average Bonchev–Trinajstić information content (AvgIpc) is 2.16. The monoisotopic (exact) mass is 188 g/mol. The zero-order valence-corrected chi connectivity index (χ0v) is 7.58. The summed E-state index contributed by atoms with van der Waals surface area (Å²) in [6, 6.07) is 0. The number of aliphatic hydroxyl groups is 1. The van der Waals surface area contributed by atoms with E-state index in [9.17, 15) is 4.79 Å². The van der Waals surface area contributed by atoms with Crippen molar-refractivity contribution in [2.75, 3.05) is 32.8 Å². The summed E-state index contributed by atoms with van der Waals surface area (Å²) in [5, 5.41) is 14.2. The summed E-state index contributed by atoms with van der Waals surface area (Å²) in [4.78, 5) is 11.1. The molecule has 1 saturated heterocycles. The van der Waals surface area contributed by atoms with Crippen LogP contribution < -0.4 is 10.6 Å². The number of hydrogen-bond donors (Lipinski definition) is 3. The van der Waals surface area contributed by atoms with E-state index in [1.54, 1.807) is 0 Å². The van der Waals surface area contributed by atoms with Crippen LogP contribution in [0.5, 0.6) is 0 Å². The molecule has 0 aliphatic carbocycles. The smallest absolute Gasteiger partial charge is 0.222 e. The van der Waals surface area contributed by atoms with Crippen LogP contribution in [0, 0.1) is 0 Å². The predicted molar refractivity (Wildman–Crippen MR) is 47.3 cm³/mol. The standard InChI is InChI=1S/C8H16N2O3/c11-3-1-10-8(12)5-7-6-9-2-4-13-7/h7,9,11H,1-6H2,(H,10,12). The van der Waals surface area contributed by atoms with Gasteiger partial charge in [-0.2, -0.15) is 0 Å². The molecule has 1 heterocycles. The van der Waals surface area contributed by atoms with Gasteiger partial charge in [-0.05, 0) is 0 Å². The van der Waals surface area contributed by atoms with Gasteiger partial charge in [-0.15, -0.1) is 0 Å². The Morgan fingerprint density at radius 1 is 1.69 bits per heavy atom. The maximum Gasteiger partial charge on any atom is 0.222 e. The molecule has 1 unspecified atom stereocenters. The first kappa shape index (κ1) is 10.4. The van der Waals surface area contributed by atoms with Crippen LogP contribution in [0.4, 0.5) is 0 Å². The summed E-state index contributed by atoms with van der Waals surface area (Å²) in [6.45, 7) is 2.55. The summed E-state index contributed by atoms with van der Waals surface area (Å²) in [5.74, 6) is -0.0669. The minimum absolute atomic E-state index is 0.0183. The molecule has 1 aliphatic heterocycles. The highest BCUT2D eigenvalue weighted by molar-refractivity contribution is 5.76. The molecule has 76 valence electrons. The van der Waals surface area contributed by atoms with Crippen LogP contribution in [0.25, 0.3) is 0 Å². The average molecular weight is 188 g/mol. The van der Waals surface area contributed by atoms with E-state index in [4.69, 9.17) is 9.84 Å². The number of hydrogen-bond acceptors (Lipinski definition) is 4. The normalized spacial score (nSPS) is 22.7. The Kier molecular flexibility index (Phi) is 4.74. The van der Waals surface area contributed by atoms with Gasteiger partial charge in [-0.25, -0.2) is 0 Å². The van der Waals surface area contributed by atoms with Gasteiger partial charge in [-0.1, -0.05) is 0 Å². The highest BCUT2D eigenvalue weighted by atomic mass is 16.5. The van der Waals surface area contributed by atoms with Gasteiger partial charge < -0.3 is 20.5 Å². The van der Waals surface area contributed by atoms with Gasteiger partial charge in [0, 0.05) is 19.6 Å². The second kappa shape index (κ2) is 5.90. The van der Waals surface area contributed by atoms with Crippen molar-refractivity contribution in [1.29, 1.82) is 0 Å². The molecule has 0 aromatic rings. The van der Waals surface area contributed by atoms with Crippen molar-refractivity contribution in [3.63, 3.8) is 0 Å². The Morgan fingerprint density at radius 2 is 2.54 bits per heavy atom. The Labute approximate surface area is 77.5 Å². The lowest BCUT2D eigenvalue weighted by molar-refractivity contribution is -0.124. The minimum atomic E-state index is -0.0669. The van der Waals surface area contributed by atoms with Crippen LogP contribution >= 0.6 is 0 Å². The van der Waals surface area contributed by atoms with Crippen molar-refractivity contribution in [1.82, 2.24) is 10.6 Å². The van der Waals surface area contributed by atoms with Gasteiger partial charge in [-0.3, -0.25) is 4.79 Å². The molecular weight excluding hydrogens is 172 g/mol. The summed E-state index contributed by atoms with van der Waals surface area (Å²) >= 11 is 0. The lowest BCUT2D eigenvalue weighted by atomic mass is 10.2. The molecule has 1 rings (SSSR count). The van der Waals surface area contributed by atoms with E-state index in [0.29, 0.717) is 19.6 Å². The molecule has 0 bridgehead atoms. The number of morpholine rings is 1. The lowest BCUT2D eigenvalue weighted by Crippen LogP contribution is -2.41. The molecule has 1 amide bonds. The molecule has 1 atom stereocenters. The van der Waals surface area contributed by atoms with E-state index in [1.807, 2.05) is 0 Å². The molecule has 0 saturated carbocycles. The molecule has 5 heteroatoms. The minimum Gasteiger partial charge on any atom is -0.395 e. The Morgan fingerprint density at radius 3 is 3.15 bits per heavy atom. The van der Waals surface area contributed by atoms with E-state index < -0.39 is 0 Å².